The molecule has 0 radical (unpaired) electrons. The Kier molecular flexibility index (Phi) is 8.58. The van der Waals surface area contributed by atoms with Crippen LogP contribution in [0.5, 0.6) is 0 Å². The lowest BCUT2D eigenvalue weighted by molar-refractivity contribution is -0.132. The van der Waals surface area contributed by atoms with E-state index < -0.39 is 0 Å². The van der Waals surface area contributed by atoms with Crippen LogP contribution in [0.4, 0.5) is 0 Å². The average molecular weight is 394 g/mol. The predicted molar refractivity (Wildman–Crippen MR) is 110 cm³/mol. The number of nitrogens with one attached hydrogen (secondary N) is 2. The normalized spacial score (nSPS) is 22.2. The van der Waals surface area contributed by atoms with Crippen molar-refractivity contribution in [2.45, 2.75) is 51.5 Å². The number of hydrogen-bond acceptors (Lipinski definition) is 3. The Morgan fingerprint density at radius 2 is 1.96 bits per heavy atom. The molecule has 27 heavy (non-hydrogen) atoms. The Labute approximate surface area is 168 Å². The third-order valence-corrected chi connectivity index (χ3v) is 5.56. The predicted octanol–water partition coefficient (Wildman–Crippen LogP) is 2.46. The maximum atomic E-state index is 12.6. The first-order valence-corrected chi connectivity index (χ1v) is 9.96. The number of carbonyl (C=O) groups excluding carboxylic acids is 2. The zero-order chi connectivity index (χ0) is 18.4. The Balaban J connectivity index is 0.00000261. The van der Waals surface area contributed by atoms with E-state index >= 15 is 0 Å². The van der Waals surface area contributed by atoms with E-state index in [0.717, 1.165) is 51.7 Å². The second-order valence-corrected chi connectivity index (χ2v) is 7.73. The van der Waals surface area contributed by atoms with Crippen molar-refractivity contribution in [3.63, 3.8) is 0 Å². The number of amides is 2. The molecule has 0 saturated carbocycles. The summed E-state index contributed by atoms with van der Waals surface area (Å²) in [5, 5.41) is 6.31. The van der Waals surface area contributed by atoms with E-state index in [9.17, 15) is 9.59 Å². The van der Waals surface area contributed by atoms with Gasteiger partial charge in [-0.15, -0.1) is 12.4 Å². The SMILES string of the molecule is Cc1ccc(CCC(=O)N2CCCC(CNC(=O)C3CCCN3)C2)cc1.Cl. The molecule has 2 aliphatic rings. The number of aryl methyl sites for hydroxylation is 2. The molecule has 2 fully saturated rings. The summed E-state index contributed by atoms with van der Waals surface area (Å²) >= 11 is 0. The van der Waals surface area contributed by atoms with Crippen LogP contribution >= 0.6 is 12.4 Å². The molecule has 2 N–H and O–H groups in total. The number of carbonyl (C=O) groups is 2. The molecule has 0 aromatic heterocycles. The lowest BCUT2D eigenvalue weighted by Crippen LogP contribution is -2.46. The highest BCUT2D eigenvalue weighted by atomic mass is 35.5. The summed E-state index contributed by atoms with van der Waals surface area (Å²) in [5.41, 5.74) is 2.46. The smallest absolute Gasteiger partial charge is 0.237 e. The summed E-state index contributed by atoms with van der Waals surface area (Å²) in [6.45, 7) is 5.31. The van der Waals surface area contributed by atoms with Gasteiger partial charge in [0.1, 0.15) is 0 Å². The molecule has 2 saturated heterocycles. The second kappa shape index (κ2) is 10.7. The van der Waals surface area contributed by atoms with Crippen molar-refractivity contribution in [1.82, 2.24) is 15.5 Å². The van der Waals surface area contributed by atoms with E-state index in [1.54, 1.807) is 0 Å². The summed E-state index contributed by atoms with van der Waals surface area (Å²) in [7, 11) is 0. The van der Waals surface area contributed by atoms with Crippen molar-refractivity contribution >= 4 is 24.2 Å². The van der Waals surface area contributed by atoms with Gasteiger partial charge in [-0.25, -0.2) is 0 Å². The molecule has 2 amide bonds. The Morgan fingerprint density at radius 1 is 1.19 bits per heavy atom. The number of benzene rings is 1. The fourth-order valence-electron chi connectivity index (χ4n) is 3.90. The van der Waals surface area contributed by atoms with Gasteiger partial charge in [-0.3, -0.25) is 9.59 Å². The van der Waals surface area contributed by atoms with Gasteiger partial charge in [0.25, 0.3) is 0 Å². The van der Waals surface area contributed by atoms with Crippen molar-refractivity contribution in [2.75, 3.05) is 26.2 Å². The number of hydrogen-bond donors (Lipinski definition) is 2. The number of nitrogens with zero attached hydrogens (tertiary/aromatic N) is 1. The highest BCUT2D eigenvalue weighted by Gasteiger charge is 2.26. The molecule has 1 aromatic carbocycles. The van der Waals surface area contributed by atoms with E-state index in [0.29, 0.717) is 18.9 Å². The summed E-state index contributed by atoms with van der Waals surface area (Å²) < 4.78 is 0. The van der Waals surface area contributed by atoms with E-state index in [-0.39, 0.29) is 30.3 Å². The van der Waals surface area contributed by atoms with Crippen molar-refractivity contribution in [3.05, 3.63) is 35.4 Å². The van der Waals surface area contributed by atoms with Gasteiger partial charge in [0.2, 0.25) is 11.8 Å². The summed E-state index contributed by atoms with van der Waals surface area (Å²) in [6, 6.07) is 8.38. The number of halogens is 1. The van der Waals surface area contributed by atoms with Gasteiger partial charge in [0, 0.05) is 26.1 Å². The topological polar surface area (TPSA) is 61.4 Å². The van der Waals surface area contributed by atoms with Gasteiger partial charge < -0.3 is 15.5 Å². The minimum Gasteiger partial charge on any atom is -0.354 e. The molecule has 2 heterocycles. The number of likely N-dealkylation sites (tertiary alicyclic amines) is 1. The average Bonchev–Trinajstić information content (AvgIpc) is 3.20. The largest absolute Gasteiger partial charge is 0.354 e. The Morgan fingerprint density at radius 3 is 2.67 bits per heavy atom. The second-order valence-electron chi connectivity index (χ2n) is 7.73. The maximum absolute atomic E-state index is 12.6. The maximum Gasteiger partial charge on any atom is 0.237 e. The van der Waals surface area contributed by atoms with Gasteiger partial charge in [0.15, 0.2) is 0 Å². The van der Waals surface area contributed by atoms with Crippen LogP contribution < -0.4 is 10.6 Å². The standard InChI is InChI=1S/C21H31N3O2.ClH/c1-16-6-8-17(9-7-16)10-11-20(25)24-13-3-4-18(15-24)14-23-21(26)19-5-2-12-22-19;/h6-9,18-19,22H,2-5,10-15H2,1H3,(H,23,26);1H. The first kappa shape index (κ1) is 21.7. The van der Waals surface area contributed by atoms with Crippen LogP contribution in [0.25, 0.3) is 0 Å². The molecule has 2 atom stereocenters. The molecule has 0 aliphatic carbocycles. The van der Waals surface area contributed by atoms with E-state index in [1.165, 1.54) is 11.1 Å². The summed E-state index contributed by atoms with van der Waals surface area (Å²) in [5.74, 6) is 0.724. The highest BCUT2D eigenvalue weighted by molar-refractivity contribution is 5.85. The van der Waals surface area contributed by atoms with Crippen molar-refractivity contribution in [3.8, 4) is 0 Å². The van der Waals surface area contributed by atoms with E-state index in [4.69, 9.17) is 0 Å². The molecule has 150 valence electrons. The molecule has 3 rings (SSSR count). The van der Waals surface area contributed by atoms with Crippen LogP contribution in [0.3, 0.4) is 0 Å². The molecule has 5 nitrogen and oxygen atoms in total. The van der Waals surface area contributed by atoms with E-state index in [2.05, 4.69) is 41.8 Å². The van der Waals surface area contributed by atoms with Crippen LogP contribution in [-0.2, 0) is 16.0 Å². The number of rotatable bonds is 6. The molecule has 0 bridgehead atoms. The molecule has 1 aromatic rings. The molecule has 0 spiro atoms. The zero-order valence-electron chi connectivity index (χ0n) is 16.2. The summed E-state index contributed by atoms with van der Waals surface area (Å²) in [6.07, 6.45) is 5.47. The van der Waals surface area contributed by atoms with Gasteiger partial charge in [-0.2, -0.15) is 0 Å². The van der Waals surface area contributed by atoms with Crippen LogP contribution in [-0.4, -0.2) is 48.9 Å². The van der Waals surface area contributed by atoms with Crippen LogP contribution in [0, 0.1) is 12.8 Å². The van der Waals surface area contributed by atoms with Crippen LogP contribution in [0.1, 0.15) is 43.2 Å². The monoisotopic (exact) mass is 393 g/mol. The van der Waals surface area contributed by atoms with Crippen molar-refractivity contribution in [2.24, 2.45) is 5.92 Å². The minimum absolute atomic E-state index is 0. The third-order valence-electron chi connectivity index (χ3n) is 5.56. The lowest BCUT2D eigenvalue weighted by atomic mass is 9.97. The number of piperidine rings is 1. The Hall–Kier alpha value is -1.59. The van der Waals surface area contributed by atoms with Crippen LogP contribution in [0.15, 0.2) is 24.3 Å². The summed E-state index contributed by atoms with van der Waals surface area (Å²) in [4.78, 5) is 26.7. The minimum atomic E-state index is -0.0224. The molecule has 2 unspecified atom stereocenters. The quantitative estimate of drug-likeness (QED) is 0.780. The van der Waals surface area contributed by atoms with Gasteiger partial charge in [-0.1, -0.05) is 29.8 Å². The Bertz CT molecular complexity index is 614. The zero-order valence-corrected chi connectivity index (χ0v) is 17.0. The molecular formula is C21H32ClN3O2. The lowest BCUT2D eigenvalue weighted by Gasteiger charge is -2.33. The van der Waals surface area contributed by atoms with E-state index in [1.807, 2.05) is 4.90 Å². The third kappa shape index (κ3) is 6.51. The molecule has 2 aliphatic heterocycles. The highest BCUT2D eigenvalue weighted by Crippen LogP contribution is 2.18. The van der Waals surface area contributed by atoms with Crippen molar-refractivity contribution in [1.29, 1.82) is 0 Å². The molecule has 6 heteroatoms. The fraction of sp³-hybridized carbons (Fsp3) is 0.619. The first-order valence-electron chi connectivity index (χ1n) is 9.96. The van der Waals surface area contributed by atoms with Gasteiger partial charge >= 0.3 is 0 Å². The fourth-order valence-corrected chi connectivity index (χ4v) is 3.90. The molecular weight excluding hydrogens is 362 g/mol. The van der Waals surface area contributed by atoms with Gasteiger partial charge in [-0.05, 0) is 57.1 Å². The first-order chi connectivity index (χ1) is 12.6. The van der Waals surface area contributed by atoms with Crippen LogP contribution in [0.2, 0.25) is 0 Å². The van der Waals surface area contributed by atoms with Crippen molar-refractivity contribution < 1.29 is 9.59 Å². The van der Waals surface area contributed by atoms with Gasteiger partial charge in [0.05, 0.1) is 6.04 Å².